The Morgan fingerprint density at radius 3 is 2.19 bits per heavy atom. The summed E-state index contributed by atoms with van der Waals surface area (Å²) >= 11 is 0. The number of benzene rings is 2. The molecule has 0 fully saturated rings. The average Bonchev–Trinajstić information content (AvgIpc) is 2.60. The van der Waals surface area contributed by atoms with E-state index in [4.69, 9.17) is 9.47 Å². The third-order valence-corrected chi connectivity index (χ3v) is 3.89. The van der Waals surface area contributed by atoms with Gasteiger partial charge >= 0.3 is 0 Å². The Morgan fingerprint density at radius 2 is 1.65 bits per heavy atom. The molecule has 4 nitrogen and oxygen atoms in total. The molecular weight excluding hydrogens is 326 g/mol. The van der Waals surface area contributed by atoms with Gasteiger partial charge in [-0.3, -0.25) is 4.79 Å². The fraction of sp³-hybridized carbons (Fsp3) is 0.318. The largest absolute Gasteiger partial charge is 0.490 e. The zero-order chi connectivity index (χ0) is 19.2. The predicted octanol–water partition coefficient (Wildman–Crippen LogP) is 4.95. The van der Waals surface area contributed by atoms with E-state index < -0.39 is 6.10 Å². The van der Waals surface area contributed by atoms with Crippen molar-refractivity contribution in [1.82, 2.24) is 0 Å². The van der Waals surface area contributed by atoms with Gasteiger partial charge in [-0.2, -0.15) is 0 Å². The molecule has 1 atom stereocenters. The lowest BCUT2D eigenvalue weighted by Crippen LogP contribution is -2.30. The number of nitrogens with one attached hydrogen (secondary N) is 1. The van der Waals surface area contributed by atoms with E-state index in [9.17, 15) is 4.79 Å². The molecule has 0 spiro atoms. The summed E-state index contributed by atoms with van der Waals surface area (Å²) in [6, 6.07) is 15.0. The highest BCUT2D eigenvalue weighted by Crippen LogP contribution is 2.25. The lowest BCUT2D eigenvalue weighted by atomic mass is 9.87. The van der Waals surface area contributed by atoms with Crippen LogP contribution in [0.4, 0.5) is 5.69 Å². The Hall–Kier alpha value is -2.75. The van der Waals surface area contributed by atoms with Crippen molar-refractivity contribution in [3.8, 4) is 11.5 Å². The standard InChI is InChI=1S/C22H27NO3/c1-6-15-25-19-13-9-18(10-14-19)23-21(24)16(2)26-20-11-7-17(8-12-20)22(3,4)5/h6-14,16H,1,15H2,2-5H3,(H,23,24). The van der Waals surface area contributed by atoms with Gasteiger partial charge in [-0.05, 0) is 54.3 Å². The molecule has 0 aliphatic carbocycles. The zero-order valence-electron chi connectivity index (χ0n) is 15.9. The van der Waals surface area contributed by atoms with Crippen LogP contribution in [0.2, 0.25) is 0 Å². The molecule has 2 aromatic carbocycles. The van der Waals surface area contributed by atoms with Crippen molar-refractivity contribution >= 4 is 11.6 Å². The molecule has 1 amide bonds. The van der Waals surface area contributed by atoms with Gasteiger partial charge in [0.2, 0.25) is 0 Å². The fourth-order valence-corrected chi connectivity index (χ4v) is 2.32. The van der Waals surface area contributed by atoms with E-state index >= 15 is 0 Å². The van der Waals surface area contributed by atoms with E-state index in [1.54, 1.807) is 37.3 Å². The number of ether oxygens (including phenoxy) is 2. The minimum absolute atomic E-state index is 0.0864. The zero-order valence-corrected chi connectivity index (χ0v) is 15.9. The maximum absolute atomic E-state index is 12.3. The highest BCUT2D eigenvalue weighted by Gasteiger charge is 2.16. The third-order valence-electron chi connectivity index (χ3n) is 3.89. The van der Waals surface area contributed by atoms with Crippen LogP contribution in [0.25, 0.3) is 0 Å². The molecule has 0 radical (unpaired) electrons. The molecule has 2 rings (SSSR count). The number of carbonyl (C=O) groups excluding carboxylic acids is 1. The quantitative estimate of drug-likeness (QED) is 0.716. The smallest absolute Gasteiger partial charge is 0.265 e. The summed E-state index contributed by atoms with van der Waals surface area (Å²) in [6.07, 6.45) is 1.08. The summed E-state index contributed by atoms with van der Waals surface area (Å²) in [5.74, 6) is 1.20. The van der Waals surface area contributed by atoms with Crippen molar-refractivity contribution in [1.29, 1.82) is 0 Å². The Kier molecular flexibility index (Phi) is 6.45. The number of hydrogen-bond acceptors (Lipinski definition) is 3. The maximum atomic E-state index is 12.3. The van der Waals surface area contributed by atoms with Gasteiger partial charge < -0.3 is 14.8 Å². The molecule has 1 unspecified atom stereocenters. The number of anilines is 1. The average molecular weight is 353 g/mol. The number of carbonyl (C=O) groups is 1. The first-order valence-corrected chi connectivity index (χ1v) is 8.71. The number of hydrogen-bond donors (Lipinski definition) is 1. The minimum Gasteiger partial charge on any atom is -0.490 e. The second-order valence-corrected chi connectivity index (χ2v) is 7.15. The van der Waals surface area contributed by atoms with Crippen molar-refractivity contribution in [3.05, 3.63) is 66.7 Å². The molecule has 2 aromatic rings. The van der Waals surface area contributed by atoms with Crippen LogP contribution in [0.5, 0.6) is 11.5 Å². The van der Waals surface area contributed by atoms with Crippen LogP contribution < -0.4 is 14.8 Å². The molecule has 0 saturated heterocycles. The molecule has 0 bridgehead atoms. The topological polar surface area (TPSA) is 47.6 Å². The number of amides is 1. The van der Waals surface area contributed by atoms with Gasteiger partial charge in [-0.1, -0.05) is 45.6 Å². The molecule has 0 aliphatic rings. The third kappa shape index (κ3) is 5.66. The summed E-state index contributed by atoms with van der Waals surface area (Å²) in [7, 11) is 0. The highest BCUT2D eigenvalue weighted by molar-refractivity contribution is 5.94. The van der Waals surface area contributed by atoms with Crippen molar-refractivity contribution in [2.45, 2.75) is 39.2 Å². The van der Waals surface area contributed by atoms with Crippen molar-refractivity contribution < 1.29 is 14.3 Å². The predicted molar refractivity (Wildman–Crippen MR) is 106 cm³/mol. The summed E-state index contributed by atoms with van der Waals surface area (Å²) in [4.78, 5) is 12.3. The van der Waals surface area contributed by atoms with Crippen molar-refractivity contribution in [2.75, 3.05) is 11.9 Å². The normalized spacial score (nSPS) is 12.2. The van der Waals surface area contributed by atoms with Gasteiger partial charge in [0.1, 0.15) is 18.1 Å². The van der Waals surface area contributed by atoms with Crippen LogP contribution in [0.3, 0.4) is 0 Å². The SMILES string of the molecule is C=CCOc1ccc(NC(=O)C(C)Oc2ccc(C(C)(C)C)cc2)cc1. The van der Waals surface area contributed by atoms with Crippen LogP contribution >= 0.6 is 0 Å². The highest BCUT2D eigenvalue weighted by atomic mass is 16.5. The van der Waals surface area contributed by atoms with Gasteiger partial charge in [0.15, 0.2) is 6.10 Å². The Labute approximate surface area is 155 Å². The summed E-state index contributed by atoms with van der Waals surface area (Å²) in [5.41, 5.74) is 2.00. The molecule has 0 aromatic heterocycles. The molecule has 0 saturated carbocycles. The molecular formula is C22H27NO3. The summed E-state index contributed by atoms with van der Waals surface area (Å²) in [5, 5.41) is 2.84. The van der Waals surface area contributed by atoms with Crippen LogP contribution in [0.1, 0.15) is 33.3 Å². The van der Waals surface area contributed by atoms with Gasteiger partial charge in [0.05, 0.1) is 0 Å². The van der Waals surface area contributed by atoms with E-state index in [2.05, 4.69) is 32.7 Å². The van der Waals surface area contributed by atoms with Crippen LogP contribution in [0.15, 0.2) is 61.2 Å². The molecule has 26 heavy (non-hydrogen) atoms. The Bertz CT molecular complexity index is 727. The van der Waals surface area contributed by atoms with Gasteiger partial charge in [0.25, 0.3) is 5.91 Å². The van der Waals surface area contributed by atoms with Gasteiger partial charge in [0, 0.05) is 5.69 Å². The first-order chi connectivity index (χ1) is 12.3. The number of rotatable bonds is 7. The van der Waals surface area contributed by atoms with Crippen LogP contribution in [-0.2, 0) is 10.2 Å². The van der Waals surface area contributed by atoms with Gasteiger partial charge in [-0.15, -0.1) is 0 Å². The van der Waals surface area contributed by atoms with E-state index in [0.717, 1.165) is 5.75 Å². The Balaban J connectivity index is 1.91. The minimum atomic E-state index is -0.604. The molecule has 1 N–H and O–H groups in total. The van der Waals surface area contributed by atoms with Crippen LogP contribution in [-0.4, -0.2) is 18.6 Å². The van der Waals surface area contributed by atoms with E-state index in [1.807, 2.05) is 24.3 Å². The fourth-order valence-electron chi connectivity index (χ4n) is 2.32. The molecule has 4 heteroatoms. The second kappa shape index (κ2) is 8.56. The monoisotopic (exact) mass is 353 g/mol. The second-order valence-electron chi connectivity index (χ2n) is 7.15. The van der Waals surface area contributed by atoms with Crippen molar-refractivity contribution in [3.63, 3.8) is 0 Å². The Morgan fingerprint density at radius 1 is 1.08 bits per heavy atom. The molecule has 0 heterocycles. The first kappa shape index (κ1) is 19.6. The molecule has 138 valence electrons. The first-order valence-electron chi connectivity index (χ1n) is 8.71. The summed E-state index contributed by atoms with van der Waals surface area (Å²) in [6.45, 7) is 12.3. The van der Waals surface area contributed by atoms with E-state index in [1.165, 1.54) is 5.56 Å². The molecule has 0 aliphatic heterocycles. The van der Waals surface area contributed by atoms with Gasteiger partial charge in [-0.25, -0.2) is 0 Å². The van der Waals surface area contributed by atoms with E-state index in [0.29, 0.717) is 18.0 Å². The maximum Gasteiger partial charge on any atom is 0.265 e. The lowest BCUT2D eigenvalue weighted by molar-refractivity contribution is -0.122. The van der Waals surface area contributed by atoms with E-state index in [-0.39, 0.29) is 11.3 Å². The van der Waals surface area contributed by atoms with Crippen LogP contribution in [0, 0.1) is 0 Å². The van der Waals surface area contributed by atoms with Crippen molar-refractivity contribution in [2.24, 2.45) is 0 Å². The summed E-state index contributed by atoms with van der Waals surface area (Å²) < 4.78 is 11.2. The lowest BCUT2D eigenvalue weighted by Gasteiger charge is -2.20.